The van der Waals surface area contributed by atoms with E-state index in [4.69, 9.17) is 0 Å². The number of rotatable bonds is 6. The second-order valence-corrected chi connectivity index (χ2v) is 4.42. The zero-order chi connectivity index (χ0) is 13.7. The van der Waals surface area contributed by atoms with Gasteiger partial charge in [0.05, 0.1) is 6.04 Å². The Bertz CT molecular complexity index is 573. The normalized spacial score (nSPS) is 12.5. The summed E-state index contributed by atoms with van der Waals surface area (Å²) in [7, 11) is 0. The van der Waals surface area contributed by atoms with Gasteiger partial charge < -0.3 is 14.9 Å². The molecule has 0 saturated carbocycles. The van der Waals surface area contributed by atoms with Crippen molar-refractivity contribution in [2.45, 2.75) is 32.9 Å². The average Bonchev–Trinajstić information content (AvgIpc) is 2.89. The molecule has 0 aromatic carbocycles. The zero-order valence-electron chi connectivity index (χ0n) is 11.4. The number of nitrogens with zero attached hydrogens (tertiary/aromatic N) is 2. The molecular formula is C14H20N4O. The SMILES string of the molecule is CCCNC(c1c[nH]ccc1=O)c1nccn1CC. The van der Waals surface area contributed by atoms with Gasteiger partial charge in [-0.15, -0.1) is 0 Å². The monoisotopic (exact) mass is 260 g/mol. The molecule has 0 amide bonds. The first kappa shape index (κ1) is 13.5. The van der Waals surface area contributed by atoms with Crippen molar-refractivity contribution in [3.8, 4) is 0 Å². The van der Waals surface area contributed by atoms with Gasteiger partial charge in [0.2, 0.25) is 0 Å². The lowest BCUT2D eigenvalue weighted by Gasteiger charge is -2.18. The van der Waals surface area contributed by atoms with Crippen molar-refractivity contribution >= 4 is 0 Å². The van der Waals surface area contributed by atoms with E-state index in [-0.39, 0.29) is 11.5 Å². The first-order valence-electron chi connectivity index (χ1n) is 6.69. The smallest absolute Gasteiger partial charge is 0.186 e. The van der Waals surface area contributed by atoms with Crippen LogP contribution in [0, 0.1) is 0 Å². The summed E-state index contributed by atoms with van der Waals surface area (Å²) in [5.74, 6) is 0.882. The maximum atomic E-state index is 12.0. The topological polar surface area (TPSA) is 62.7 Å². The molecule has 2 heterocycles. The van der Waals surface area contributed by atoms with Gasteiger partial charge in [0.1, 0.15) is 5.82 Å². The molecule has 2 N–H and O–H groups in total. The van der Waals surface area contributed by atoms with Crippen molar-refractivity contribution in [1.29, 1.82) is 0 Å². The lowest BCUT2D eigenvalue weighted by atomic mass is 10.1. The minimum absolute atomic E-state index is 0.0259. The molecule has 0 bridgehead atoms. The molecule has 102 valence electrons. The summed E-state index contributed by atoms with van der Waals surface area (Å²) in [6.45, 7) is 5.85. The van der Waals surface area contributed by atoms with E-state index in [2.05, 4.69) is 33.7 Å². The van der Waals surface area contributed by atoms with Crippen LogP contribution in [-0.4, -0.2) is 21.1 Å². The van der Waals surface area contributed by atoms with Crippen molar-refractivity contribution in [2.75, 3.05) is 6.54 Å². The number of imidazole rings is 1. The minimum Gasteiger partial charge on any atom is -0.367 e. The largest absolute Gasteiger partial charge is 0.367 e. The highest BCUT2D eigenvalue weighted by Gasteiger charge is 2.20. The number of hydrogen-bond acceptors (Lipinski definition) is 3. The van der Waals surface area contributed by atoms with E-state index in [1.54, 1.807) is 24.7 Å². The molecule has 2 rings (SSSR count). The number of pyridine rings is 1. The van der Waals surface area contributed by atoms with Gasteiger partial charge in [-0.3, -0.25) is 4.79 Å². The fraction of sp³-hybridized carbons (Fsp3) is 0.429. The summed E-state index contributed by atoms with van der Waals surface area (Å²) in [5.41, 5.74) is 0.731. The first-order valence-corrected chi connectivity index (χ1v) is 6.69. The van der Waals surface area contributed by atoms with Gasteiger partial charge in [0.15, 0.2) is 5.43 Å². The van der Waals surface area contributed by atoms with Gasteiger partial charge in [-0.05, 0) is 19.9 Å². The number of hydrogen-bond donors (Lipinski definition) is 2. The van der Waals surface area contributed by atoms with E-state index < -0.39 is 0 Å². The van der Waals surface area contributed by atoms with E-state index in [1.807, 2.05) is 6.20 Å². The van der Waals surface area contributed by atoms with Crippen molar-refractivity contribution in [1.82, 2.24) is 19.9 Å². The third kappa shape index (κ3) is 2.93. The van der Waals surface area contributed by atoms with Crippen LogP contribution in [0.3, 0.4) is 0 Å². The van der Waals surface area contributed by atoms with Crippen molar-refractivity contribution in [3.05, 3.63) is 52.5 Å². The quantitative estimate of drug-likeness (QED) is 0.830. The molecule has 0 aliphatic heterocycles. The highest BCUT2D eigenvalue weighted by molar-refractivity contribution is 5.22. The van der Waals surface area contributed by atoms with Crippen LogP contribution in [0.1, 0.15) is 37.7 Å². The highest BCUT2D eigenvalue weighted by Crippen LogP contribution is 2.17. The van der Waals surface area contributed by atoms with Crippen LogP contribution < -0.4 is 10.7 Å². The maximum absolute atomic E-state index is 12.0. The minimum atomic E-state index is -0.167. The van der Waals surface area contributed by atoms with Crippen LogP contribution >= 0.6 is 0 Å². The molecule has 5 heteroatoms. The second kappa shape index (κ2) is 6.33. The fourth-order valence-electron chi connectivity index (χ4n) is 2.13. The summed E-state index contributed by atoms with van der Waals surface area (Å²) < 4.78 is 2.06. The molecule has 0 radical (unpaired) electrons. The molecule has 0 saturated heterocycles. The van der Waals surface area contributed by atoms with Crippen LogP contribution in [0.5, 0.6) is 0 Å². The lowest BCUT2D eigenvalue weighted by molar-refractivity contribution is 0.538. The van der Waals surface area contributed by atoms with Crippen LogP contribution in [-0.2, 0) is 6.54 Å². The Labute approximate surface area is 112 Å². The molecule has 0 aliphatic rings. The second-order valence-electron chi connectivity index (χ2n) is 4.42. The molecule has 0 spiro atoms. The number of nitrogens with one attached hydrogen (secondary N) is 2. The van der Waals surface area contributed by atoms with Gasteiger partial charge in [0, 0.05) is 43.0 Å². The summed E-state index contributed by atoms with van der Waals surface area (Å²) >= 11 is 0. The van der Waals surface area contributed by atoms with Gasteiger partial charge in [-0.25, -0.2) is 4.98 Å². The van der Waals surface area contributed by atoms with Crippen LogP contribution in [0.25, 0.3) is 0 Å². The Morgan fingerprint density at radius 1 is 1.47 bits per heavy atom. The molecule has 1 atom stereocenters. The van der Waals surface area contributed by atoms with Gasteiger partial charge in [-0.1, -0.05) is 6.92 Å². The van der Waals surface area contributed by atoms with Gasteiger partial charge >= 0.3 is 0 Å². The molecule has 0 aliphatic carbocycles. The fourth-order valence-corrected chi connectivity index (χ4v) is 2.13. The average molecular weight is 260 g/mol. The third-order valence-corrected chi connectivity index (χ3v) is 3.11. The number of aromatic nitrogens is 3. The van der Waals surface area contributed by atoms with Crippen LogP contribution in [0.15, 0.2) is 35.6 Å². The highest BCUT2D eigenvalue weighted by atomic mass is 16.1. The molecule has 19 heavy (non-hydrogen) atoms. The van der Waals surface area contributed by atoms with E-state index in [1.165, 1.54) is 0 Å². The maximum Gasteiger partial charge on any atom is 0.186 e. The van der Waals surface area contributed by atoms with E-state index in [9.17, 15) is 4.79 Å². The van der Waals surface area contributed by atoms with Gasteiger partial charge in [-0.2, -0.15) is 0 Å². The van der Waals surface area contributed by atoms with Gasteiger partial charge in [0.25, 0.3) is 0 Å². The molecular weight excluding hydrogens is 240 g/mol. The predicted molar refractivity (Wildman–Crippen MR) is 75.1 cm³/mol. The Kier molecular flexibility index (Phi) is 4.52. The standard InChI is InChI=1S/C14H20N4O/c1-3-6-16-13(11-10-15-7-5-12(11)19)14-17-8-9-18(14)4-2/h5,7-10,13,16H,3-4,6H2,1-2H3,(H,15,19). The summed E-state index contributed by atoms with van der Waals surface area (Å²) in [4.78, 5) is 19.4. The third-order valence-electron chi connectivity index (χ3n) is 3.11. The number of aryl methyl sites for hydroxylation is 1. The Morgan fingerprint density at radius 3 is 3.00 bits per heavy atom. The molecule has 1 unspecified atom stereocenters. The summed E-state index contributed by atoms with van der Waals surface area (Å²) in [6, 6.07) is 1.38. The van der Waals surface area contributed by atoms with Crippen molar-refractivity contribution in [2.24, 2.45) is 0 Å². The van der Waals surface area contributed by atoms with E-state index >= 15 is 0 Å². The van der Waals surface area contributed by atoms with E-state index in [0.717, 1.165) is 25.3 Å². The van der Waals surface area contributed by atoms with Crippen LogP contribution in [0.2, 0.25) is 0 Å². The molecule has 2 aromatic heterocycles. The van der Waals surface area contributed by atoms with E-state index in [0.29, 0.717) is 5.56 Å². The predicted octanol–water partition coefficient (Wildman–Crippen LogP) is 1.68. The lowest BCUT2D eigenvalue weighted by Crippen LogP contribution is -2.30. The number of aromatic amines is 1. The Morgan fingerprint density at radius 2 is 2.32 bits per heavy atom. The Balaban J connectivity index is 2.42. The van der Waals surface area contributed by atoms with Crippen molar-refractivity contribution in [3.63, 3.8) is 0 Å². The summed E-state index contributed by atoms with van der Waals surface area (Å²) in [6.07, 6.45) is 8.12. The Hall–Kier alpha value is -1.88. The molecule has 0 fully saturated rings. The zero-order valence-corrected chi connectivity index (χ0v) is 11.4. The molecule has 2 aromatic rings. The van der Waals surface area contributed by atoms with Crippen LogP contribution in [0.4, 0.5) is 0 Å². The van der Waals surface area contributed by atoms with Crippen molar-refractivity contribution < 1.29 is 0 Å². The first-order chi connectivity index (χ1) is 9.27. The molecule has 5 nitrogen and oxygen atoms in total. The number of H-pyrrole nitrogens is 1. The summed E-state index contributed by atoms with van der Waals surface area (Å²) in [5, 5.41) is 3.40.